The predicted molar refractivity (Wildman–Crippen MR) is 91.2 cm³/mol. The molecule has 0 unspecified atom stereocenters. The molecule has 0 aromatic carbocycles. The highest BCUT2D eigenvalue weighted by Crippen LogP contribution is 2.23. The molecule has 0 atom stereocenters. The fraction of sp³-hybridized carbons (Fsp3) is 0.294. The summed E-state index contributed by atoms with van der Waals surface area (Å²) in [5.41, 5.74) is 3.06. The molecule has 4 heterocycles. The summed E-state index contributed by atoms with van der Waals surface area (Å²) in [7, 11) is 0. The molecule has 1 aliphatic rings. The number of likely N-dealkylation sites (tertiary alicyclic amines) is 1. The van der Waals surface area contributed by atoms with Crippen LogP contribution in [0.25, 0.3) is 10.4 Å². The molecule has 7 nitrogen and oxygen atoms in total. The third-order valence-electron chi connectivity index (χ3n) is 3.99. The molecule has 25 heavy (non-hydrogen) atoms. The Morgan fingerprint density at radius 2 is 2.24 bits per heavy atom. The quantitative estimate of drug-likeness (QED) is 0.768. The third-order valence-corrected chi connectivity index (χ3v) is 4.82. The van der Waals surface area contributed by atoms with Crippen LogP contribution in [0.3, 0.4) is 0 Å². The largest absolute Gasteiger partial charge is 0.448 e. The van der Waals surface area contributed by atoms with Crippen molar-refractivity contribution >= 4 is 17.2 Å². The molecule has 1 fully saturated rings. The van der Waals surface area contributed by atoms with Gasteiger partial charge in [-0.25, -0.2) is 4.98 Å². The molecule has 0 radical (unpaired) electrons. The Hall–Kier alpha value is -2.58. The summed E-state index contributed by atoms with van der Waals surface area (Å²) in [5.74, 6) is 0.212. The molecule has 3 aromatic rings. The van der Waals surface area contributed by atoms with Crippen molar-refractivity contribution in [2.75, 3.05) is 13.1 Å². The molecule has 0 bridgehead atoms. The Morgan fingerprint density at radius 3 is 2.88 bits per heavy atom. The van der Waals surface area contributed by atoms with Crippen molar-refractivity contribution in [1.82, 2.24) is 19.9 Å². The Morgan fingerprint density at radius 1 is 1.40 bits per heavy atom. The van der Waals surface area contributed by atoms with Crippen molar-refractivity contribution in [1.29, 1.82) is 0 Å². The van der Waals surface area contributed by atoms with Gasteiger partial charge in [0, 0.05) is 23.7 Å². The Labute approximate surface area is 148 Å². The smallest absolute Gasteiger partial charge is 0.276 e. The second kappa shape index (κ2) is 6.05. The van der Waals surface area contributed by atoms with E-state index in [0.29, 0.717) is 25.4 Å². The summed E-state index contributed by atoms with van der Waals surface area (Å²) in [5, 5.41) is 9.72. The van der Waals surface area contributed by atoms with Gasteiger partial charge in [-0.2, -0.15) is 0 Å². The van der Waals surface area contributed by atoms with Gasteiger partial charge in [-0.05, 0) is 13.0 Å². The standard InChI is InChI=1S/C17H16N4O3S/c1-17(23)8-21(9-17)16(22)13-7-24-15(20-13)4-12-3-2-11(5-19-12)14-6-18-10-25-14/h2-3,5-7,10,23H,4,8-9H2,1H3. The minimum atomic E-state index is -0.800. The number of β-amino-alcohol motifs (C(OH)–C–C–N with tert-alkyl or cyclic N) is 1. The van der Waals surface area contributed by atoms with Crippen molar-refractivity contribution in [3.63, 3.8) is 0 Å². The Balaban J connectivity index is 1.42. The fourth-order valence-electron chi connectivity index (χ4n) is 2.76. The van der Waals surface area contributed by atoms with E-state index in [1.807, 2.05) is 12.1 Å². The van der Waals surface area contributed by atoms with Gasteiger partial charge in [0.25, 0.3) is 5.91 Å². The maximum atomic E-state index is 12.2. The van der Waals surface area contributed by atoms with Crippen molar-refractivity contribution < 1.29 is 14.3 Å². The number of aliphatic hydroxyl groups is 1. The second-order valence-electron chi connectivity index (χ2n) is 6.37. The zero-order chi connectivity index (χ0) is 17.4. The van der Waals surface area contributed by atoms with Crippen LogP contribution in [0.5, 0.6) is 0 Å². The number of hydrogen-bond acceptors (Lipinski definition) is 7. The van der Waals surface area contributed by atoms with Crippen molar-refractivity contribution in [3.8, 4) is 10.4 Å². The topological polar surface area (TPSA) is 92.3 Å². The molecular weight excluding hydrogens is 340 g/mol. The number of pyridine rings is 1. The molecular formula is C17H16N4O3S. The first-order chi connectivity index (χ1) is 12.0. The van der Waals surface area contributed by atoms with E-state index in [4.69, 9.17) is 4.42 Å². The van der Waals surface area contributed by atoms with Crippen LogP contribution in [-0.2, 0) is 6.42 Å². The van der Waals surface area contributed by atoms with Crippen molar-refractivity contribution in [2.45, 2.75) is 18.9 Å². The van der Waals surface area contributed by atoms with Gasteiger partial charge in [0.2, 0.25) is 5.89 Å². The van der Waals surface area contributed by atoms with Gasteiger partial charge >= 0.3 is 0 Å². The maximum Gasteiger partial charge on any atom is 0.276 e. The first-order valence-corrected chi connectivity index (χ1v) is 8.68. The van der Waals surface area contributed by atoms with Crippen LogP contribution < -0.4 is 0 Å². The summed E-state index contributed by atoms with van der Waals surface area (Å²) in [6.07, 6.45) is 5.37. The van der Waals surface area contributed by atoms with Crippen molar-refractivity contribution in [3.05, 3.63) is 53.6 Å². The number of carbonyl (C=O) groups is 1. The first-order valence-electron chi connectivity index (χ1n) is 7.80. The van der Waals surface area contributed by atoms with E-state index >= 15 is 0 Å². The molecule has 128 valence electrons. The van der Waals surface area contributed by atoms with Crippen molar-refractivity contribution in [2.24, 2.45) is 0 Å². The van der Waals surface area contributed by atoms with Gasteiger partial charge in [-0.15, -0.1) is 11.3 Å². The minimum Gasteiger partial charge on any atom is -0.448 e. The number of thiazole rings is 1. The molecule has 0 aliphatic carbocycles. The molecule has 0 saturated carbocycles. The van der Waals surface area contributed by atoms with E-state index in [0.717, 1.165) is 16.1 Å². The highest BCUT2D eigenvalue weighted by Gasteiger charge is 2.40. The Bertz CT molecular complexity index is 879. The fourth-order valence-corrected chi connectivity index (χ4v) is 3.37. The molecule has 3 aromatic heterocycles. The molecule has 8 heteroatoms. The van der Waals surface area contributed by atoms with E-state index in [1.54, 1.807) is 41.1 Å². The lowest BCUT2D eigenvalue weighted by Crippen LogP contribution is -2.61. The van der Waals surface area contributed by atoms with Gasteiger partial charge in [0.05, 0.1) is 35.5 Å². The van der Waals surface area contributed by atoms with E-state index < -0.39 is 5.60 Å². The Kier molecular flexibility index (Phi) is 3.85. The number of aromatic nitrogens is 3. The van der Waals surface area contributed by atoms with Gasteiger partial charge in [-0.3, -0.25) is 14.8 Å². The number of rotatable bonds is 4. The average Bonchev–Trinajstić information content (AvgIpc) is 3.24. The number of amides is 1. The lowest BCUT2D eigenvalue weighted by molar-refractivity contribution is -0.0670. The van der Waals surface area contributed by atoms with Crippen LogP contribution in [0, 0.1) is 0 Å². The zero-order valence-corrected chi connectivity index (χ0v) is 14.4. The second-order valence-corrected chi connectivity index (χ2v) is 7.25. The predicted octanol–water partition coefficient (Wildman–Crippen LogP) is 1.99. The monoisotopic (exact) mass is 356 g/mol. The summed E-state index contributed by atoms with van der Waals surface area (Å²) in [6.45, 7) is 2.33. The SMILES string of the molecule is CC1(O)CN(C(=O)c2coc(Cc3ccc(-c4cncs4)cn3)n2)C1. The third kappa shape index (κ3) is 3.31. The number of carbonyl (C=O) groups excluding carboxylic acids is 1. The van der Waals surface area contributed by atoms with Crippen LogP contribution in [0.1, 0.15) is 29.0 Å². The number of oxazole rings is 1. The molecule has 1 saturated heterocycles. The number of hydrogen-bond donors (Lipinski definition) is 1. The van der Waals surface area contributed by atoms with Crippen LogP contribution >= 0.6 is 11.3 Å². The van der Waals surface area contributed by atoms with Crippen LogP contribution in [0.2, 0.25) is 0 Å². The van der Waals surface area contributed by atoms with Gasteiger partial charge in [-0.1, -0.05) is 6.07 Å². The van der Waals surface area contributed by atoms with Gasteiger partial charge in [0.1, 0.15) is 6.26 Å². The van der Waals surface area contributed by atoms with E-state index in [1.165, 1.54) is 6.26 Å². The molecule has 1 N–H and O–H groups in total. The molecule has 1 aliphatic heterocycles. The van der Waals surface area contributed by atoms with Gasteiger partial charge in [0.15, 0.2) is 5.69 Å². The number of nitrogens with zero attached hydrogens (tertiary/aromatic N) is 4. The van der Waals surface area contributed by atoms with Crippen LogP contribution in [0.15, 0.2) is 40.7 Å². The van der Waals surface area contributed by atoms with Crippen LogP contribution in [0.4, 0.5) is 0 Å². The van der Waals surface area contributed by atoms with E-state index in [-0.39, 0.29) is 11.6 Å². The average molecular weight is 356 g/mol. The summed E-state index contributed by atoms with van der Waals surface area (Å²) in [6, 6.07) is 3.89. The van der Waals surface area contributed by atoms with E-state index in [9.17, 15) is 9.90 Å². The van der Waals surface area contributed by atoms with Crippen LogP contribution in [-0.4, -0.2) is 49.6 Å². The highest BCUT2D eigenvalue weighted by molar-refractivity contribution is 7.13. The minimum absolute atomic E-state index is 0.227. The lowest BCUT2D eigenvalue weighted by atomic mass is 9.97. The molecule has 0 spiro atoms. The first kappa shape index (κ1) is 15.9. The summed E-state index contributed by atoms with van der Waals surface area (Å²) >= 11 is 1.56. The van der Waals surface area contributed by atoms with Gasteiger partial charge < -0.3 is 14.4 Å². The molecule has 1 amide bonds. The molecule has 4 rings (SSSR count). The maximum absolute atomic E-state index is 12.2. The summed E-state index contributed by atoms with van der Waals surface area (Å²) in [4.78, 5) is 27.6. The zero-order valence-electron chi connectivity index (χ0n) is 13.5. The lowest BCUT2D eigenvalue weighted by Gasteiger charge is -2.43. The normalized spacial score (nSPS) is 15.8. The highest BCUT2D eigenvalue weighted by atomic mass is 32.1. The van der Waals surface area contributed by atoms with E-state index in [2.05, 4.69) is 15.0 Å². The summed E-state index contributed by atoms with van der Waals surface area (Å²) < 4.78 is 5.39.